The lowest BCUT2D eigenvalue weighted by molar-refractivity contribution is -0.111. The van der Waals surface area contributed by atoms with Gasteiger partial charge in [-0.25, -0.2) is 4.79 Å². The predicted octanol–water partition coefficient (Wildman–Crippen LogP) is 5.23. The maximum absolute atomic E-state index is 13.2. The summed E-state index contributed by atoms with van der Waals surface area (Å²) in [4.78, 5) is 19.6. The Morgan fingerprint density at radius 2 is 2.18 bits per heavy atom. The number of piperidine rings is 1. The number of benzene rings is 1. The van der Waals surface area contributed by atoms with Crippen LogP contribution in [0.3, 0.4) is 0 Å². The summed E-state index contributed by atoms with van der Waals surface area (Å²) in [7, 11) is 0. The van der Waals surface area contributed by atoms with Crippen molar-refractivity contribution in [1.82, 2.24) is 15.0 Å². The van der Waals surface area contributed by atoms with Gasteiger partial charge in [0, 0.05) is 23.2 Å². The van der Waals surface area contributed by atoms with Gasteiger partial charge in [0.25, 0.3) is 5.89 Å². The summed E-state index contributed by atoms with van der Waals surface area (Å²) in [5.74, 6) is 2.21. The molecule has 2 unspecified atom stereocenters. The number of hydrogen-bond donors (Lipinski definition) is 1. The second-order valence-corrected chi connectivity index (χ2v) is 9.15. The van der Waals surface area contributed by atoms with Crippen LogP contribution in [0.15, 0.2) is 22.7 Å². The van der Waals surface area contributed by atoms with Crippen LogP contribution in [-0.2, 0) is 5.54 Å². The first-order valence-corrected chi connectivity index (χ1v) is 10.5. The molecule has 5 rings (SSSR count). The molecular formula is C21H25ClN4O2. The fraction of sp³-hybridized carbons (Fsp3) is 0.571. The minimum atomic E-state index is -0.475. The molecular weight excluding hydrogens is 376 g/mol. The summed E-state index contributed by atoms with van der Waals surface area (Å²) in [5.41, 5.74) is 1.47. The summed E-state index contributed by atoms with van der Waals surface area (Å²) >= 11 is 6.39. The van der Waals surface area contributed by atoms with E-state index in [1.807, 2.05) is 30.0 Å². The van der Waals surface area contributed by atoms with Gasteiger partial charge >= 0.3 is 6.03 Å². The number of nitrogens with zero attached hydrogens (tertiary/aromatic N) is 3. The van der Waals surface area contributed by atoms with Crippen LogP contribution in [0.25, 0.3) is 0 Å². The summed E-state index contributed by atoms with van der Waals surface area (Å²) in [6, 6.07) is 5.92. The van der Waals surface area contributed by atoms with E-state index in [4.69, 9.17) is 16.1 Å². The number of fused-ring (bicyclic) bond motifs is 2. The van der Waals surface area contributed by atoms with Crippen molar-refractivity contribution >= 4 is 23.3 Å². The normalized spacial score (nSPS) is 29.2. The smallest absolute Gasteiger partial charge is 0.323 e. The molecule has 3 fully saturated rings. The fourth-order valence-corrected chi connectivity index (χ4v) is 5.54. The zero-order valence-electron chi connectivity index (χ0n) is 16.2. The summed E-state index contributed by atoms with van der Waals surface area (Å²) in [6.07, 6.45) is 6.34. The molecule has 3 aliphatic rings. The molecule has 1 aromatic heterocycles. The molecule has 2 aliphatic carbocycles. The van der Waals surface area contributed by atoms with Crippen molar-refractivity contribution in [2.75, 3.05) is 5.32 Å². The molecule has 2 bridgehead atoms. The fourth-order valence-electron chi connectivity index (χ4n) is 5.27. The Bertz CT molecular complexity index is 925. The average Bonchev–Trinajstić information content (AvgIpc) is 3.02. The number of carbonyl (C=O) groups is 1. The Hall–Kier alpha value is -2.08. The minimum absolute atomic E-state index is 0.0964. The summed E-state index contributed by atoms with van der Waals surface area (Å²) in [6.45, 7) is 4.04. The van der Waals surface area contributed by atoms with Crippen LogP contribution in [0.5, 0.6) is 0 Å². The van der Waals surface area contributed by atoms with Gasteiger partial charge in [-0.3, -0.25) is 0 Å². The molecule has 2 heterocycles. The van der Waals surface area contributed by atoms with E-state index in [-0.39, 0.29) is 12.1 Å². The molecule has 2 amide bonds. The van der Waals surface area contributed by atoms with Gasteiger partial charge in [0.1, 0.15) is 5.54 Å². The number of hydrogen-bond acceptors (Lipinski definition) is 4. The summed E-state index contributed by atoms with van der Waals surface area (Å²) in [5, 5.41) is 7.85. The Morgan fingerprint density at radius 1 is 1.36 bits per heavy atom. The molecule has 3 atom stereocenters. The highest BCUT2D eigenvalue weighted by molar-refractivity contribution is 6.31. The lowest BCUT2D eigenvalue weighted by atomic mass is 9.64. The van der Waals surface area contributed by atoms with Crippen molar-refractivity contribution in [2.45, 2.75) is 69.9 Å². The number of nitrogens with one attached hydrogen (secondary N) is 1. The van der Waals surface area contributed by atoms with E-state index in [1.54, 1.807) is 0 Å². The lowest BCUT2D eigenvalue weighted by Crippen LogP contribution is -2.70. The lowest BCUT2D eigenvalue weighted by Gasteiger charge is -2.61. The molecule has 7 heteroatoms. The van der Waals surface area contributed by atoms with E-state index in [2.05, 4.69) is 22.4 Å². The van der Waals surface area contributed by atoms with E-state index in [0.29, 0.717) is 23.6 Å². The van der Waals surface area contributed by atoms with Gasteiger partial charge in [-0.05, 0) is 68.2 Å². The van der Waals surface area contributed by atoms with Crippen LogP contribution in [0, 0.1) is 12.8 Å². The Kier molecular flexibility index (Phi) is 4.16. The molecule has 1 saturated heterocycles. The van der Waals surface area contributed by atoms with Crippen molar-refractivity contribution < 1.29 is 9.32 Å². The first kappa shape index (κ1) is 18.0. The van der Waals surface area contributed by atoms with E-state index < -0.39 is 5.54 Å². The van der Waals surface area contributed by atoms with Crippen molar-refractivity contribution in [3.63, 3.8) is 0 Å². The van der Waals surface area contributed by atoms with Crippen molar-refractivity contribution in [3.05, 3.63) is 40.5 Å². The van der Waals surface area contributed by atoms with Crippen LogP contribution in [-0.4, -0.2) is 27.1 Å². The number of carbonyl (C=O) groups excluding carboxylic acids is 1. The van der Waals surface area contributed by atoms with E-state index in [0.717, 1.165) is 35.5 Å². The number of likely N-dealkylation sites (tertiary alicyclic amines) is 1. The minimum Gasteiger partial charge on any atom is -0.337 e. The molecule has 2 aromatic rings. The van der Waals surface area contributed by atoms with Gasteiger partial charge in [0.05, 0.1) is 0 Å². The number of anilines is 1. The van der Waals surface area contributed by atoms with Crippen molar-refractivity contribution in [1.29, 1.82) is 0 Å². The Labute approximate surface area is 169 Å². The van der Waals surface area contributed by atoms with E-state index >= 15 is 0 Å². The van der Waals surface area contributed by atoms with Crippen molar-refractivity contribution in [3.8, 4) is 0 Å². The Morgan fingerprint density at radius 3 is 2.86 bits per heavy atom. The highest BCUT2D eigenvalue weighted by Gasteiger charge is 2.62. The highest BCUT2D eigenvalue weighted by atomic mass is 35.5. The molecule has 6 nitrogen and oxygen atoms in total. The topological polar surface area (TPSA) is 71.3 Å². The molecule has 1 N–H and O–H groups in total. The number of aromatic nitrogens is 2. The van der Waals surface area contributed by atoms with Crippen LogP contribution in [0.1, 0.15) is 68.6 Å². The number of aryl methyl sites for hydroxylation is 1. The van der Waals surface area contributed by atoms with E-state index in [9.17, 15) is 4.79 Å². The first-order chi connectivity index (χ1) is 13.5. The molecule has 0 spiro atoms. The molecule has 1 aliphatic heterocycles. The maximum Gasteiger partial charge on any atom is 0.323 e. The number of halogens is 1. The standard InChI is InChI=1S/C21H25ClN4O2/c1-12-8-16-11-21(10-12,19-23-13(2)25-28-19)26(16)20(27)24-15-6-7-18(22)17(9-15)14-4-3-5-14/h6-7,9,12,14,16H,3-5,8,10-11H2,1-2H3,(H,24,27)/t12-,16?,21?/m1/s1. The van der Waals surface area contributed by atoms with Gasteiger partial charge in [0.15, 0.2) is 5.82 Å². The van der Waals surface area contributed by atoms with Crippen LogP contribution >= 0.6 is 11.6 Å². The highest BCUT2D eigenvalue weighted by Crippen LogP contribution is 2.55. The number of amides is 2. The Balaban J connectivity index is 1.40. The third kappa shape index (κ3) is 2.72. The molecule has 28 heavy (non-hydrogen) atoms. The molecule has 148 valence electrons. The maximum atomic E-state index is 13.2. The molecule has 1 aromatic carbocycles. The van der Waals surface area contributed by atoms with Crippen LogP contribution in [0.4, 0.5) is 10.5 Å². The molecule has 2 saturated carbocycles. The third-order valence-electron chi connectivity index (χ3n) is 6.70. The van der Waals surface area contributed by atoms with Gasteiger partial charge in [0.2, 0.25) is 0 Å². The van der Waals surface area contributed by atoms with Crippen LogP contribution in [0.2, 0.25) is 5.02 Å². The first-order valence-electron chi connectivity index (χ1n) is 10.2. The molecule has 0 radical (unpaired) electrons. The monoisotopic (exact) mass is 400 g/mol. The number of urea groups is 1. The van der Waals surface area contributed by atoms with Gasteiger partial charge < -0.3 is 14.7 Å². The summed E-state index contributed by atoms with van der Waals surface area (Å²) < 4.78 is 5.51. The van der Waals surface area contributed by atoms with Gasteiger partial charge in [-0.1, -0.05) is 30.1 Å². The van der Waals surface area contributed by atoms with Crippen LogP contribution < -0.4 is 5.32 Å². The SMILES string of the molecule is Cc1noc(C23CC(C[C@@H](C)C2)N3C(=O)Nc2ccc(Cl)c(C3CCC3)c2)n1. The zero-order chi connectivity index (χ0) is 19.5. The second-order valence-electron chi connectivity index (χ2n) is 8.75. The van der Waals surface area contributed by atoms with Gasteiger partial charge in [-0.2, -0.15) is 4.98 Å². The largest absolute Gasteiger partial charge is 0.337 e. The average molecular weight is 401 g/mol. The third-order valence-corrected chi connectivity index (χ3v) is 7.04. The predicted molar refractivity (Wildman–Crippen MR) is 106 cm³/mol. The zero-order valence-corrected chi connectivity index (χ0v) is 17.0. The number of rotatable bonds is 3. The second kappa shape index (κ2) is 6.48. The quantitative estimate of drug-likeness (QED) is 0.765. The van der Waals surface area contributed by atoms with Gasteiger partial charge in [-0.15, -0.1) is 0 Å². The van der Waals surface area contributed by atoms with E-state index in [1.165, 1.54) is 19.3 Å². The van der Waals surface area contributed by atoms with Crippen molar-refractivity contribution in [2.24, 2.45) is 5.92 Å².